The fourth-order valence-electron chi connectivity index (χ4n) is 3.88. The molecule has 4 rings (SSSR count). The number of aromatic nitrogens is 4. The number of thioether (sulfide) groups is 2. The first kappa shape index (κ1) is 25.9. The topological polar surface area (TPSA) is 228 Å². The Hall–Kier alpha value is -3.18. The van der Waals surface area contributed by atoms with Gasteiger partial charge in [0.15, 0.2) is 0 Å². The van der Waals surface area contributed by atoms with Crippen LogP contribution in [0.5, 0.6) is 5.75 Å². The highest BCUT2D eigenvalue weighted by atomic mass is 32.2. The molecule has 2 aliphatic heterocycles. The number of H-pyrrole nitrogens is 1. The number of amides is 2. The standard InChI is InChI=1S/C20H23N7O7S2/c21-13(8-1-3-9(29)4-2-8)16(31)22-14-17(32)27-15(19(33)34)11(7-35-18(14)27)12(5-10(30)6-28)36-20-23-25-26-24-20/h1-4,10,12-14,18,28-30H,5-7,21H2,(H,22,31)(H,33,34)(H,23,24,25,26)/t10?,12?,13?,14?,18-/m0/s1. The van der Waals surface area contributed by atoms with Crippen LogP contribution in [0, 0.1) is 0 Å². The first-order valence-corrected chi connectivity index (χ1v) is 12.6. The van der Waals surface area contributed by atoms with E-state index in [2.05, 4.69) is 25.9 Å². The van der Waals surface area contributed by atoms with E-state index in [1.54, 1.807) is 0 Å². The summed E-state index contributed by atoms with van der Waals surface area (Å²) in [5, 5.41) is 53.7. The number of β-lactam (4-membered cyclic amide) rings is 1. The molecule has 0 spiro atoms. The average Bonchev–Trinajstić information content (AvgIpc) is 3.38. The lowest BCUT2D eigenvalue weighted by atomic mass is 9.98. The van der Waals surface area contributed by atoms with Gasteiger partial charge in [-0.1, -0.05) is 23.9 Å². The molecular weight excluding hydrogens is 514 g/mol. The molecular formula is C20H23N7O7S2. The monoisotopic (exact) mass is 537 g/mol. The van der Waals surface area contributed by atoms with E-state index in [0.29, 0.717) is 11.1 Å². The van der Waals surface area contributed by atoms with Crippen LogP contribution in [0.15, 0.2) is 40.7 Å². The van der Waals surface area contributed by atoms with Crippen molar-refractivity contribution in [2.75, 3.05) is 12.4 Å². The van der Waals surface area contributed by atoms with E-state index in [4.69, 9.17) is 5.73 Å². The lowest BCUT2D eigenvalue weighted by Crippen LogP contribution is -2.71. The second-order valence-corrected chi connectivity index (χ2v) is 10.3. The molecule has 0 radical (unpaired) electrons. The molecule has 0 bridgehead atoms. The zero-order chi connectivity index (χ0) is 26.0. The van der Waals surface area contributed by atoms with Gasteiger partial charge in [-0.05, 0) is 34.9 Å². The predicted octanol–water partition coefficient (Wildman–Crippen LogP) is -1.45. The van der Waals surface area contributed by atoms with Gasteiger partial charge in [-0.2, -0.15) is 5.21 Å². The number of nitrogens with zero attached hydrogens (tertiary/aromatic N) is 4. The van der Waals surface area contributed by atoms with Gasteiger partial charge in [0, 0.05) is 11.0 Å². The molecule has 0 saturated carbocycles. The van der Waals surface area contributed by atoms with Gasteiger partial charge in [-0.15, -0.1) is 22.0 Å². The fraction of sp³-hybridized carbons (Fsp3) is 0.400. The summed E-state index contributed by atoms with van der Waals surface area (Å²) < 4.78 is 0. The number of hydrogen-bond donors (Lipinski definition) is 7. The maximum Gasteiger partial charge on any atom is 0.352 e. The Morgan fingerprint density at radius 2 is 2.06 bits per heavy atom. The molecule has 1 fully saturated rings. The molecule has 2 amide bonds. The van der Waals surface area contributed by atoms with E-state index in [-0.39, 0.29) is 28.8 Å². The van der Waals surface area contributed by atoms with E-state index in [0.717, 1.165) is 16.7 Å². The largest absolute Gasteiger partial charge is 0.508 e. The minimum Gasteiger partial charge on any atom is -0.508 e. The highest BCUT2D eigenvalue weighted by Crippen LogP contribution is 2.44. The highest BCUT2D eigenvalue weighted by Gasteiger charge is 2.55. The van der Waals surface area contributed by atoms with Crippen LogP contribution >= 0.6 is 23.5 Å². The molecule has 8 N–H and O–H groups in total. The SMILES string of the molecule is NC(C(=O)NC1C(=O)N2C(C(=O)O)=C(C(CC(O)CO)Sc3nn[nH]n3)CS[C@@H]12)c1ccc(O)cc1. The number of carboxylic acid groups (broad SMARTS) is 1. The quantitative estimate of drug-likeness (QED) is 0.136. The van der Waals surface area contributed by atoms with Crippen molar-refractivity contribution < 1.29 is 34.8 Å². The molecule has 2 aromatic rings. The van der Waals surface area contributed by atoms with Gasteiger partial charge in [-0.25, -0.2) is 4.79 Å². The van der Waals surface area contributed by atoms with E-state index < -0.39 is 53.2 Å². The van der Waals surface area contributed by atoms with Gasteiger partial charge in [0.2, 0.25) is 11.1 Å². The highest BCUT2D eigenvalue weighted by molar-refractivity contribution is 8.01. The average molecular weight is 538 g/mol. The normalized spacial score (nSPS) is 21.9. The van der Waals surface area contributed by atoms with Crippen LogP contribution in [0.25, 0.3) is 0 Å². The van der Waals surface area contributed by atoms with Crippen molar-refractivity contribution in [2.24, 2.45) is 5.73 Å². The number of rotatable bonds is 10. The number of aromatic amines is 1. The van der Waals surface area contributed by atoms with Crippen molar-refractivity contribution in [3.63, 3.8) is 0 Å². The first-order chi connectivity index (χ1) is 17.2. The summed E-state index contributed by atoms with van der Waals surface area (Å²) in [5.74, 6) is -2.38. The Morgan fingerprint density at radius 3 is 2.67 bits per heavy atom. The Morgan fingerprint density at radius 1 is 1.33 bits per heavy atom. The number of hydrogen-bond acceptors (Lipinski definition) is 12. The Kier molecular flexibility index (Phi) is 7.79. The van der Waals surface area contributed by atoms with E-state index in [1.807, 2.05) is 0 Å². The molecule has 3 heterocycles. The number of phenols is 1. The van der Waals surface area contributed by atoms with E-state index in [1.165, 1.54) is 36.0 Å². The van der Waals surface area contributed by atoms with Crippen molar-refractivity contribution in [3.8, 4) is 5.75 Å². The number of tetrazole rings is 1. The van der Waals surface area contributed by atoms with Crippen molar-refractivity contribution in [2.45, 2.75) is 40.4 Å². The van der Waals surface area contributed by atoms with Crippen molar-refractivity contribution in [3.05, 3.63) is 41.1 Å². The summed E-state index contributed by atoms with van der Waals surface area (Å²) in [5.41, 5.74) is 6.53. The summed E-state index contributed by atoms with van der Waals surface area (Å²) in [6.45, 7) is -0.535. The molecule has 16 heteroatoms. The van der Waals surface area contributed by atoms with Gasteiger partial charge < -0.3 is 31.5 Å². The second kappa shape index (κ2) is 10.8. The molecule has 14 nitrogen and oxygen atoms in total. The molecule has 192 valence electrons. The molecule has 5 atom stereocenters. The molecule has 2 aliphatic rings. The van der Waals surface area contributed by atoms with Crippen LogP contribution in [-0.2, 0) is 14.4 Å². The summed E-state index contributed by atoms with van der Waals surface area (Å²) in [6, 6.07) is 3.68. The van der Waals surface area contributed by atoms with Gasteiger partial charge in [0.1, 0.15) is 28.9 Å². The number of carbonyl (C=O) groups is 3. The molecule has 0 aliphatic carbocycles. The van der Waals surface area contributed by atoms with Crippen LogP contribution < -0.4 is 11.1 Å². The number of aromatic hydroxyl groups is 1. The molecule has 36 heavy (non-hydrogen) atoms. The lowest BCUT2D eigenvalue weighted by molar-refractivity contribution is -0.150. The van der Waals surface area contributed by atoms with E-state index >= 15 is 0 Å². The number of aliphatic hydroxyl groups is 2. The van der Waals surface area contributed by atoms with Gasteiger partial charge in [-0.3, -0.25) is 14.5 Å². The molecule has 1 saturated heterocycles. The number of fused-ring (bicyclic) bond motifs is 1. The van der Waals surface area contributed by atoms with Crippen LogP contribution in [0.1, 0.15) is 18.0 Å². The summed E-state index contributed by atoms with van der Waals surface area (Å²) in [7, 11) is 0. The maximum atomic E-state index is 13.0. The number of aliphatic carboxylic acids is 1. The number of carboxylic acids is 1. The number of carbonyl (C=O) groups excluding carboxylic acids is 2. The van der Waals surface area contributed by atoms with Crippen molar-refractivity contribution in [1.82, 2.24) is 30.8 Å². The minimum absolute atomic E-state index is 0.0147. The smallest absolute Gasteiger partial charge is 0.352 e. The maximum absolute atomic E-state index is 13.0. The van der Waals surface area contributed by atoms with Gasteiger partial charge in [0.05, 0.1) is 12.7 Å². The third-order valence-electron chi connectivity index (χ3n) is 5.69. The van der Waals surface area contributed by atoms with Gasteiger partial charge in [0.25, 0.3) is 5.91 Å². The van der Waals surface area contributed by atoms with Crippen LogP contribution in [0.3, 0.4) is 0 Å². The van der Waals surface area contributed by atoms with Crippen LogP contribution in [-0.4, -0.2) is 98.9 Å². The summed E-state index contributed by atoms with van der Waals surface area (Å²) in [4.78, 5) is 39.1. The predicted molar refractivity (Wildman–Crippen MR) is 126 cm³/mol. The fourth-order valence-corrected chi connectivity index (χ4v) is 6.50. The number of aliphatic hydroxyl groups excluding tert-OH is 2. The third-order valence-corrected chi connectivity index (χ3v) is 8.14. The zero-order valence-corrected chi connectivity index (χ0v) is 20.1. The van der Waals surface area contributed by atoms with Crippen LogP contribution in [0.2, 0.25) is 0 Å². The molecule has 1 aromatic heterocycles. The van der Waals surface area contributed by atoms with Crippen molar-refractivity contribution >= 4 is 41.3 Å². The number of benzene rings is 1. The first-order valence-electron chi connectivity index (χ1n) is 10.7. The van der Waals surface area contributed by atoms with Crippen molar-refractivity contribution in [1.29, 1.82) is 0 Å². The Balaban J connectivity index is 1.54. The zero-order valence-electron chi connectivity index (χ0n) is 18.5. The van der Waals surface area contributed by atoms with Crippen LogP contribution in [0.4, 0.5) is 0 Å². The number of nitrogens with two attached hydrogens (primary N) is 1. The van der Waals surface area contributed by atoms with Gasteiger partial charge >= 0.3 is 5.97 Å². The molecule has 1 aromatic carbocycles. The number of phenolic OH excluding ortho intramolecular Hbond substituents is 1. The third kappa shape index (κ3) is 5.17. The summed E-state index contributed by atoms with van der Waals surface area (Å²) in [6.07, 6.45) is -1.16. The Labute approximate surface area is 212 Å². The molecule has 4 unspecified atom stereocenters. The summed E-state index contributed by atoms with van der Waals surface area (Å²) >= 11 is 2.30. The second-order valence-electron chi connectivity index (χ2n) is 8.02. The minimum atomic E-state index is -1.34. The number of nitrogens with one attached hydrogen (secondary N) is 2. The Bertz CT molecular complexity index is 1160. The van der Waals surface area contributed by atoms with E-state index in [9.17, 15) is 34.8 Å². The lowest BCUT2D eigenvalue weighted by Gasteiger charge is -2.50.